The molecule has 0 heterocycles. The smallest absolute Gasteiger partial charge is 0.00745 e. The van der Waals surface area contributed by atoms with Crippen molar-refractivity contribution in [3.8, 4) is 0 Å². The first-order valence-electron chi connectivity index (χ1n) is 5.30. The molecule has 0 unspecified atom stereocenters. The zero-order chi connectivity index (χ0) is 10.2. The highest BCUT2D eigenvalue weighted by Crippen LogP contribution is 2.08. The molecule has 78 valence electrons. The molecule has 1 rings (SSSR count). The van der Waals surface area contributed by atoms with Gasteiger partial charge < -0.3 is 11.1 Å². The Morgan fingerprint density at radius 2 is 2.00 bits per heavy atom. The molecule has 0 atom stereocenters. The van der Waals surface area contributed by atoms with Crippen LogP contribution in [0, 0.1) is 6.92 Å². The molecule has 0 aromatic heterocycles. The summed E-state index contributed by atoms with van der Waals surface area (Å²) in [4.78, 5) is 0. The van der Waals surface area contributed by atoms with Crippen LogP contribution < -0.4 is 11.1 Å². The lowest BCUT2D eigenvalue weighted by atomic mass is 10.0. The van der Waals surface area contributed by atoms with E-state index < -0.39 is 0 Å². The summed E-state index contributed by atoms with van der Waals surface area (Å²) in [7, 11) is 0. The first kappa shape index (κ1) is 11.2. The maximum Gasteiger partial charge on any atom is 0.00745 e. The summed E-state index contributed by atoms with van der Waals surface area (Å²) >= 11 is 0. The highest BCUT2D eigenvalue weighted by atomic mass is 14.9. The molecule has 0 spiro atoms. The fraction of sp³-hybridized carbons (Fsp3) is 0.500. The largest absolute Gasteiger partial charge is 0.329 e. The van der Waals surface area contributed by atoms with E-state index in [9.17, 15) is 0 Å². The van der Waals surface area contributed by atoms with E-state index in [4.69, 9.17) is 5.73 Å². The zero-order valence-corrected chi connectivity index (χ0v) is 8.92. The lowest BCUT2D eigenvalue weighted by molar-refractivity contribution is 0.652. The highest BCUT2D eigenvalue weighted by molar-refractivity contribution is 5.25. The Hall–Kier alpha value is -0.860. The van der Waals surface area contributed by atoms with E-state index in [1.807, 2.05) is 0 Å². The van der Waals surface area contributed by atoms with Gasteiger partial charge in [-0.2, -0.15) is 0 Å². The van der Waals surface area contributed by atoms with Gasteiger partial charge in [-0.05, 0) is 37.4 Å². The van der Waals surface area contributed by atoms with Gasteiger partial charge in [-0.15, -0.1) is 0 Å². The molecule has 2 heteroatoms. The molecule has 2 nitrogen and oxygen atoms in total. The Morgan fingerprint density at radius 3 is 2.71 bits per heavy atom. The molecular formula is C12H20N2. The van der Waals surface area contributed by atoms with E-state index in [1.165, 1.54) is 17.5 Å². The Bertz CT molecular complexity index is 258. The summed E-state index contributed by atoms with van der Waals surface area (Å²) < 4.78 is 0. The first-order valence-corrected chi connectivity index (χ1v) is 5.30. The minimum Gasteiger partial charge on any atom is -0.329 e. The topological polar surface area (TPSA) is 38.0 Å². The van der Waals surface area contributed by atoms with Crippen molar-refractivity contribution in [2.75, 3.05) is 19.6 Å². The summed E-state index contributed by atoms with van der Waals surface area (Å²) in [6.07, 6.45) is 2.34. The van der Waals surface area contributed by atoms with Crippen LogP contribution in [0.15, 0.2) is 24.3 Å². The molecule has 0 bridgehead atoms. The maximum atomic E-state index is 5.38. The molecular weight excluding hydrogens is 172 g/mol. The fourth-order valence-corrected chi connectivity index (χ4v) is 1.52. The molecule has 0 saturated heterocycles. The first-order chi connectivity index (χ1) is 6.84. The van der Waals surface area contributed by atoms with Gasteiger partial charge in [-0.25, -0.2) is 0 Å². The summed E-state index contributed by atoms with van der Waals surface area (Å²) in [5.41, 5.74) is 8.24. The Morgan fingerprint density at radius 1 is 1.21 bits per heavy atom. The average molecular weight is 192 g/mol. The Kier molecular flexibility index (Phi) is 5.27. The van der Waals surface area contributed by atoms with Crippen molar-refractivity contribution in [3.63, 3.8) is 0 Å². The third kappa shape index (κ3) is 3.90. The third-order valence-electron chi connectivity index (χ3n) is 2.38. The van der Waals surface area contributed by atoms with Crippen molar-refractivity contribution in [1.82, 2.24) is 5.32 Å². The lowest BCUT2D eigenvalue weighted by Crippen LogP contribution is -2.23. The van der Waals surface area contributed by atoms with Crippen LogP contribution in [0.3, 0.4) is 0 Å². The second-order valence-corrected chi connectivity index (χ2v) is 3.57. The van der Waals surface area contributed by atoms with E-state index in [1.54, 1.807) is 0 Å². The molecule has 0 saturated carbocycles. The minimum absolute atomic E-state index is 0.727. The predicted molar refractivity (Wildman–Crippen MR) is 61.4 cm³/mol. The molecule has 3 N–H and O–H groups in total. The van der Waals surface area contributed by atoms with Gasteiger partial charge in [0.2, 0.25) is 0 Å². The number of aryl methyl sites for hydroxylation is 2. The molecule has 14 heavy (non-hydrogen) atoms. The Labute approximate surface area is 86.5 Å². The third-order valence-corrected chi connectivity index (χ3v) is 2.38. The van der Waals surface area contributed by atoms with Gasteiger partial charge in [-0.3, -0.25) is 0 Å². The molecule has 0 fully saturated rings. The number of nitrogens with one attached hydrogen (secondary N) is 1. The summed E-state index contributed by atoms with van der Waals surface area (Å²) in [6.45, 7) is 4.88. The van der Waals surface area contributed by atoms with Gasteiger partial charge in [0.1, 0.15) is 0 Å². The number of rotatable bonds is 6. The molecule has 0 aliphatic heterocycles. The SMILES string of the molecule is Cc1ccccc1CCCNCCN. The van der Waals surface area contributed by atoms with Gasteiger partial charge in [0, 0.05) is 13.1 Å². The normalized spacial score (nSPS) is 10.4. The van der Waals surface area contributed by atoms with Gasteiger partial charge in [0.15, 0.2) is 0 Å². The van der Waals surface area contributed by atoms with E-state index in [2.05, 4.69) is 36.5 Å². The number of nitrogens with two attached hydrogens (primary N) is 1. The Balaban J connectivity index is 2.21. The van der Waals surface area contributed by atoms with Crippen molar-refractivity contribution in [2.24, 2.45) is 5.73 Å². The average Bonchev–Trinajstić information content (AvgIpc) is 2.20. The van der Waals surface area contributed by atoms with Crippen LogP contribution in [-0.4, -0.2) is 19.6 Å². The van der Waals surface area contributed by atoms with Crippen LogP contribution >= 0.6 is 0 Å². The van der Waals surface area contributed by atoms with Crippen molar-refractivity contribution < 1.29 is 0 Å². The lowest BCUT2D eigenvalue weighted by Gasteiger charge is -2.05. The number of hydrogen-bond donors (Lipinski definition) is 2. The molecule has 1 aromatic carbocycles. The van der Waals surface area contributed by atoms with Crippen LogP contribution in [-0.2, 0) is 6.42 Å². The van der Waals surface area contributed by atoms with Crippen LogP contribution in [0.4, 0.5) is 0 Å². The standard InChI is InChI=1S/C12H20N2/c1-11-5-2-3-6-12(11)7-4-9-14-10-8-13/h2-3,5-6,14H,4,7-10,13H2,1H3. The molecule has 0 radical (unpaired) electrons. The van der Waals surface area contributed by atoms with Crippen molar-refractivity contribution >= 4 is 0 Å². The van der Waals surface area contributed by atoms with Crippen LogP contribution in [0.5, 0.6) is 0 Å². The number of benzene rings is 1. The van der Waals surface area contributed by atoms with Gasteiger partial charge in [-0.1, -0.05) is 24.3 Å². The van der Waals surface area contributed by atoms with Crippen molar-refractivity contribution in [1.29, 1.82) is 0 Å². The quantitative estimate of drug-likeness (QED) is 0.670. The maximum absolute atomic E-state index is 5.38. The van der Waals surface area contributed by atoms with Crippen molar-refractivity contribution in [3.05, 3.63) is 35.4 Å². The highest BCUT2D eigenvalue weighted by Gasteiger charge is 1.95. The second-order valence-electron chi connectivity index (χ2n) is 3.57. The summed E-state index contributed by atoms with van der Waals surface area (Å²) in [6, 6.07) is 8.57. The number of hydrogen-bond acceptors (Lipinski definition) is 2. The van der Waals surface area contributed by atoms with Crippen LogP contribution in [0.1, 0.15) is 17.5 Å². The molecule has 0 aliphatic carbocycles. The fourth-order valence-electron chi connectivity index (χ4n) is 1.52. The zero-order valence-electron chi connectivity index (χ0n) is 8.92. The molecule has 1 aromatic rings. The van der Waals surface area contributed by atoms with Gasteiger partial charge in [0.25, 0.3) is 0 Å². The van der Waals surface area contributed by atoms with Crippen molar-refractivity contribution in [2.45, 2.75) is 19.8 Å². The van der Waals surface area contributed by atoms with Gasteiger partial charge in [0.05, 0.1) is 0 Å². The summed E-state index contributed by atoms with van der Waals surface area (Å²) in [5.74, 6) is 0. The van der Waals surface area contributed by atoms with Gasteiger partial charge >= 0.3 is 0 Å². The second kappa shape index (κ2) is 6.57. The monoisotopic (exact) mass is 192 g/mol. The van der Waals surface area contributed by atoms with E-state index in [-0.39, 0.29) is 0 Å². The van der Waals surface area contributed by atoms with E-state index in [0.29, 0.717) is 0 Å². The summed E-state index contributed by atoms with van der Waals surface area (Å²) in [5, 5.41) is 3.30. The van der Waals surface area contributed by atoms with E-state index in [0.717, 1.165) is 26.1 Å². The molecule has 0 amide bonds. The van der Waals surface area contributed by atoms with Crippen LogP contribution in [0.25, 0.3) is 0 Å². The van der Waals surface area contributed by atoms with Crippen LogP contribution in [0.2, 0.25) is 0 Å². The predicted octanol–water partition coefficient (Wildman–Crippen LogP) is 1.48. The van der Waals surface area contributed by atoms with E-state index >= 15 is 0 Å². The minimum atomic E-state index is 0.727. The molecule has 0 aliphatic rings.